The van der Waals surface area contributed by atoms with Crippen molar-refractivity contribution < 1.29 is 4.74 Å². The number of thiazole rings is 1. The summed E-state index contributed by atoms with van der Waals surface area (Å²) in [6.45, 7) is 8.27. The Bertz CT molecular complexity index is 752. The topological polar surface area (TPSA) is 71.4 Å². The first-order valence-electron chi connectivity index (χ1n) is 10.2. The summed E-state index contributed by atoms with van der Waals surface area (Å²) in [5.41, 5.74) is 2.17. The van der Waals surface area contributed by atoms with Gasteiger partial charge in [0.25, 0.3) is 0 Å². The molecule has 0 saturated heterocycles. The Labute approximate surface area is 195 Å². The zero-order valence-electron chi connectivity index (χ0n) is 17.5. The van der Waals surface area contributed by atoms with Crippen LogP contribution in [0.2, 0.25) is 0 Å². The van der Waals surface area contributed by atoms with Gasteiger partial charge in [0, 0.05) is 23.7 Å². The molecule has 0 aromatic carbocycles. The molecule has 0 aliphatic heterocycles. The lowest BCUT2D eigenvalue weighted by Crippen LogP contribution is -2.36. The van der Waals surface area contributed by atoms with Gasteiger partial charge in [0.1, 0.15) is 11.1 Å². The average molecular weight is 529 g/mol. The van der Waals surface area contributed by atoms with Crippen LogP contribution in [0.25, 0.3) is 0 Å². The van der Waals surface area contributed by atoms with Crippen molar-refractivity contribution >= 4 is 41.3 Å². The van der Waals surface area contributed by atoms with Gasteiger partial charge in [-0.1, -0.05) is 12.5 Å². The first kappa shape index (κ1) is 23.9. The average Bonchev–Trinajstić information content (AvgIpc) is 3.03. The van der Waals surface area contributed by atoms with Gasteiger partial charge in [0.15, 0.2) is 5.96 Å². The predicted molar refractivity (Wildman–Crippen MR) is 130 cm³/mol. The fourth-order valence-electron chi connectivity index (χ4n) is 3.21. The second-order valence-corrected chi connectivity index (χ2v) is 8.47. The Morgan fingerprint density at radius 1 is 1.21 bits per heavy atom. The molecule has 6 nitrogen and oxygen atoms in total. The van der Waals surface area contributed by atoms with Crippen molar-refractivity contribution in [2.24, 2.45) is 4.99 Å². The summed E-state index contributed by atoms with van der Waals surface area (Å²) >= 11 is 1.72. The Balaban J connectivity index is 0.00000300. The van der Waals surface area contributed by atoms with E-state index in [2.05, 4.69) is 39.4 Å². The van der Waals surface area contributed by atoms with Crippen LogP contribution < -0.4 is 15.4 Å². The molecule has 0 unspecified atom stereocenters. The number of aryl methyl sites for hydroxylation is 2. The Kier molecular flexibility index (Phi) is 10.1. The third-order valence-electron chi connectivity index (χ3n) is 4.88. The van der Waals surface area contributed by atoms with E-state index in [4.69, 9.17) is 4.74 Å². The molecule has 0 bridgehead atoms. The van der Waals surface area contributed by atoms with Crippen molar-refractivity contribution in [1.29, 1.82) is 0 Å². The van der Waals surface area contributed by atoms with Crippen LogP contribution in [0.15, 0.2) is 23.3 Å². The van der Waals surface area contributed by atoms with E-state index in [0.717, 1.165) is 47.5 Å². The molecule has 8 heteroatoms. The smallest absolute Gasteiger partial charge is 0.213 e. The van der Waals surface area contributed by atoms with Gasteiger partial charge in [-0.15, -0.1) is 35.3 Å². The molecule has 1 fully saturated rings. The van der Waals surface area contributed by atoms with Crippen molar-refractivity contribution in [2.45, 2.75) is 72.1 Å². The third-order valence-corrected chi connectivity index (χ3v) is 5.95. The summed E-state index contributed by atoms with van der Waals surface area (Å²) in [6.07, 6.45) is 8.32. The van der Waals surface area contributed by atoms with Crippen molar-refractivity contribution in [3.8, 4) is 5.88 Å². The van der Waals surface area contributed by atoms with Crippen molar-refractivity contribution in [1.82, 2.24) is 20.6 Å². The highest BCUT2D eigenvalue weighted by Gasteiger charge is 2.15. The summed E-state index contributed by atoms with van der Waals surface area (Å²) in [5.74, 6) is 1.51. The van der Waals surface area contributed by atoms with Crippen LogP contribution in [-0.4, -0.2) is 28.6 Å². The van der Waals surface area contributed by atoms with E-state index in [-0.39, 0.29) is 24.0 Å². The molecular formula is C21H32IN5OS. The molecular weight excluding hydrogens is 497 g/mol. The minimum Gasteiger partial charge on any atom is -0.474 e. The number of ether oxygens (including phenoxy) is 1. The lowest BCUT2D eigenvalue weighted by Gasteiger charge is -2.22. The molecule has 1 aliphatic rings. The summed E-state index contributed by atoms with van der Waals surface area (Å²) < 4.78 is 6.00. The number of aromatic nitrogens is 2. The van der Waals surface area contributed by atoms with E-state index in [0.29, 0.717) is 19.2 Å². The van der Waals surface area contributed by atoms with Crippen molar-refractivity contribution in [2.75, 3.05) is 6.54 Å². The number of pyridine rings is 1. The minimum absolute atomic E-state index is 0. The highest BCUT2D eigenvalue weighted by atomic mass is 127. The zero-order chi connectivity index (χ0) is 19.8. The van der Waals surface area contributed by atoms with Gasteiger partial charge in [-0.05, 0) is 52.0 Å². The number of nitrogens with one attached hydrogen (secondary N) is 2. The Morgan fingerprint density at radius 2 is 2.00 bits per heavy atom. The summed E-state index contributed by atoms with van der Waals surface area (Å²) in [5, 5.41) is 7.71. The highest BCUT2D eigenvalue weighted by Crippen LogP contribution is 2.22. The van der Waals surface area contributed by atoms with Gasteiger partial charge >= 0.3 is 0 Å². The van der Waals surface area contributed by atoms with Crippen LogP contribution in [0.4, 0.5) is 0 Å². The molecule has 0 atom stereocenters. The second kappa shape index (κ2) is 12.3. The van der Waals surface area contributed by atoms with Gasteiger partial charge < -0.3 is 15.4 Å². The van der Waals surface area contributed by atoms with Gasteiger partial charge in [-0.2, -0.15) is 0 Å². The predicted octanol–water partition coefficient (Wildman–Crippen LogP) is 4.74. The lowest BCUT2D eigenvalue weighted by molar-refractivity contribution is 0.148. The van der Waals surface area contributed by atoms with Crippen LogP contribution in [0.3, 0.4) is 0 Å². The monoisotopic (exact) mass is 529 g/mol. The standard InChI is InChI=1S/C21H31N5OS.HI/c1-4-22-21(25-14-20-26-15(2)16(3)28-20)24-13-17-10-11-19(23-12-17)27-18-8-6-5-7-9-18;/h10-12,18H,4-9,13-14H2,1-3H3,(H2,22,24,25);1H. The van der Waals surface area contributed by atoms with Crippen molar-refractivity contribution in [3.05, 3.63) is 39.5 Å². The normalized spacial score (nSPS) is 14.9. The number of rotatable bonds is 7. The summed E-state index contributed by atoms with van der Waals surface area (Å²) in [6, 6.07) is 4.01. The van der Waals surface area contributed by atoms with Crippen LogP contribution in [-0.2, 0) is 13.1 Å². The lowest BCUT2D eigenvalue weighted by atomic mass is 9.98. The molecule has 2 aromatic heterocycles. The molecule has 3 rings (SSSR count). The fraction of sp³-hybridized carbons (Fsp3) is 0.571. The highest BCUT2D eigenvalue weighted by molar-refractivity contribution is 14.0. The Morgan fingerprint density at radius 3 is 2.62 bits per heavy atom. The van der Waals surface area contributed by atoms with Gasteiger partial charge in [0.05, 0.1) is 18.8 Å². The van der Waals surface area contributed by atoms with E-state index >= 15 is 0 Å². The van der Waals surface area contributed by atoms with E-state index in [1.165, 1.54) is 24.1 Å². The molecule has 160 valence electrons. The molecule has 1 aliphatic carbocycles. The van der Waals surface area contributed by atoms with E-state index in [1.807, 2.05) is 25.3 Å². The SMILES string of the molecule is CCNC(=NCc1ccc(OC2CCCCC2)nc1)NCc1nc(C)c(C)s1.I. The molecule has 0 radical (unpaired) electrons. The fourth-order valence-corrected chi connectivity index (χ4v) is 4.09. The summed E-state index contributed by atoms with van der Waals surface area (Å²) in [4.78, 5) is 15.0. The third kappa shape index (κ3) is 7.73. The van der Waals surface area contributed by atoms with Gasteiger partial charge in [0.2, 0.25) is 5.88 Å². The minimum atomic E-state index is 0. The first-order chi connectivity index (χ1) is 13.6. The molecule has 0 spiro atoms. The first-order valence-corrected chi connectivity index (χ1v) is 11.0. The van der Waals surface area contributed by atoms with Crippen LogP contribution in [0.1, 0.15) is 60.2 Å². The van der Waals surface area contributed by atoms with Crippen LogP contribution >= 0.6 is 35.3 Å². The summed E-state index contributed by atoms with van der Waals surface area (Å²) in [7, 11) is 0. The number of halogens is 1. The maximum atomic E-state index is 6.00. The molecule has 29 heavy (non-hydrogen) atoms. The maximum Gasteiger partial charge on any atom is 0.213 e. The molecule has 1 saturated carbocycles. The molecule has 2 heterocycles. The largest absolute Gasteiger partial charge is 0.474 e. The Hall–Kier alpha value is -1.42. The van der Waals surface area contributed by atoms with Gasteiger partial charge in [-0.25, -0.2) is 15.0 Å². The number of guanidine groups is 1. The number of hydrogen-bond donors (Lipinski definition) is 2. The second-order valence-electron chi connectivity index (χ2n) is 7.18. The van der Waals surface area contributed by atoms with Gasteiger partial charge in [-0.3, -0.25) is 0 Å². The quantitative estimate of drug-likeness (QED) is 0.308. The van der Waals surface area contributed by atoms with E-state index in [9.17, 15) is 0 Å². The molecule has 2 N–H and O–H groups in total. The molecule has 0 amide bonds. The number of nitrogens with zero attached hydrogens (tertiary/aromatic N) is 3. The van der Waals surface area contributed by atoms with Crippen molar-refractivity contribution in [3.63, 3.8) is 0 Å². The number of aliphatic imine (C=N–C) groups is 1. The number of hydrogen-bond acceptors (Lipinski definition) is 5. The zero-order valence-corrected chi connectivity index (χ0v) is 20.7. The van der Waals surface area contributed by atoms with Crippen LogP contribution in [0.5, 0.6) is 5.88 Å². The molecule has 2 aromatic rings. The maximum absolute atomic E-state index is 6.00. The van der Waals surface area contributed by atoms with Crippen LogP contribution in [0, 0.1) is 13.8 Å². The van der Waals surface area contributed by atoms with E-state index in [1.54, 1.807) is 11.3 Å². The van der Waals surface area contributed by atoms with E-state index < -0.39 is 0 Å².